The summed E-state index contributed by atoms with van der Waals surface area (Å²) in [5, 5.41) is 3.11. The fourth-order valence-electron chi connectivity index (χ4n) is 2.59. The summed E-state index contributed by atoms with van der Waals surface area (Å²) in [6.45, 7) is 5.02. The first kappa shape index (κ1) is 17.9. The van der Waals surface area contributed by atoms with Crippen molar-refractivity contribution in [3.05, 3.63) is 35.0 Å². The molecule has 0 aliphatic carbocycles. The molecule has 0 saturated carbocycles. The number of anilines is 1. The Balaban J connectivity index is 1.47. The number of piperazine rings is 1. The molecule has 1 aliphatic rings. The number of rotatable bonds is 5. The van der Waals surface area contributed by atoms with Crippen LogP contribution in [0.5, 0.6) is 5.88 Å². The zero-order valence-corrected chi connectivity index (χ0v) is 14.6. The number of aromatic nitrogens is 2. The van der Waals surface area contributed by atoms with E-state index in [4.69, 9.17) is 0 Å². The second kappa shape index (κ2) is 7.57. The van der Waals surface area contributed by atoms with Gasteiger partial charge in [0.2, 0.25) is 5.88 Å². The van der Waals surface area contributed by atoms with Crippen LogP contribution >= 0.6 is 11.3 Å². The highest BCUT2D eigenvalue weighted by Gasteiger charge is 2.28. The summed E-state index contributed by atoms with van der Waals surface area (Å²) in [7, 11) is 0. The highest BCUT2D eigenvalue weighted by molar-refractivity contribution is 7.13. The Labute approximate surface area is 148 Å². The zero-order valence-electron chi connectivity index (χ0n) is 13.8. The van der Waals surface area contributed by atoms with E-state index in [-0.39, 0.29) is 5.88 Å². The lowest BCUT2D eigenvalue weighted by Gasteiger charge is -2.34. The van der Waals surface area contributed by atoms with Crippen LogP contribution in [0.3, 0.4) is 0 Å². The molecule has 0 bridgehead atoms. The van der Waals surface area contributed by atoms with Crippen LogP contribution in [0.1, 0.15) is 11.3 Å². The molecule has 1 aliphatic heterocycles. The van der Waals surface area contributed by atoms with E-state index >= 15 is 0 Å². The Morgan fingerprint density at radius 2 is 1.96 bits per heavy atom. The fourth-order valence-corrected chi connectivity index (χ4v) is 3.44. The minimum Gasteiger partial charge on any atom is -0.468 e. The van der Waals surface area contributed by atoms with E-state index in [1.54, 1.807) is 23.6 Å². The number of thiazole rings is 1. The van der Waals surface area contributed by atoms with Gasteiger partial charge >= 0.3 is 6.18 Å². The van der Waals surface area contributed by atoms with Crippen molar-refractivity contribution in [3.63, 3.8) is 0 Å². The third-order valence-corrected chi connectivity index (χ3v) is 4.86. The molecule has 5 nitrogen and oxygen atoms in total. The van der Waals surface area contributed by atoms with Gasteiger partial charge in [-0.1, -0.05) is 6.07 Å². The van der Waals surface area contributed by atoms with Gasteiger partial charge in [0.25, 0.3) is 0 Å². The summed E-state index contributed by atoms with van der Waals surface area (Å²) in [6, 6.07) is 3.24. The maximum Gasteiger partial charge on any atom is 0.422 e. The minimum absolute atomic E-state index is 0.00923. The van der Waals surface area contributed by atoms with Crippen molar-refractivity contribution >= 4 is 16.5 Å². The molecule has 0 radical (unpaired) electrons. The highest BCUT2D eigenvalue weighted by atomic mass is 32.1. The third-order valence-electron chi connectivity index (χ3n) is 3.84. The quantitative estimate of drug-likeness (QED) is 0.807. The standard InChI is InChI=1S/C16H19F3N4OS/c1-12-10-25-15(21-12)23-6-4-22(5-7-23)9-13-2-3-14(20-8-13)24-11-16(17,18)19/h2-3,8,10H,4-7,9,11H2,1H3. The Morgan fingerprint density at radius 3 is 2.52 bits per heavy atom. The average molecular weight is 372 g/mol. The number of halogens is 3. The lowest BCUT2D eigenvalue weighted by atomic mass is 10.2. The normalized spacial score (nSPS) is 16.2. The van der Waals surface area contributed by atoms with Gasteiger partial charge in [0, 0.05) is 50.4 Å². The van der Waals surface area contributed by atoms with Gasteiger partial charge in [0.05, 0.1) is 5.69 Å². The molecule has 0 aromatic carbocycles. The van der Waals surface area contributed by atoms with Gasteiger partial charge in [-0.3, -0.25) is 4.90 Å². The molecule has 3 rings (SSSR count). The van der Waals surface area contributed by atoms with Gasteiger partial charge in [-0.25, -0.2) is 9.97 Å². The predicted molar refractivity (Wildman–Crippen MR) is 90.1 cm³/mol. The second-order valence-corrected chi connectivity index (χ2v) is 6.78. The molecular weight excluding hydrogens is 353 g/mol. The van der Waals surface area contributed by atoms with Crippen LogP contribution in [-0.4, -0.2) is 53.8 Å². The maximum atomic E-state index is 12.1. The van der Waals surface area contributed by atoms with Gasteiger partial charge in [-0.05, 0) is 12.5 Å². The van der Waals surface area contributed by atoms with Crippen molar-refractivity contribution in [3.8, 4) is 5.88 Å². The Hall–Kier alpha value is -1.87. The third kappa shape index (κ3) is 5.30. The van der Waals surface area contributed by atoms with Gasteiger partial charge in [-0.15, -0.1) is 11.3 Å². The molecule has 9 heteroatoms. The summed E-state index contributed by atoms with van der Waals surface area (Å²) < 4.78 is 41.0. The number of nitrogens with zero attached hydrogens (tertiary/aromatic N) is 4. The number of hydrogen-bond donors (Lipinski definition) is 0. The largest absolute Gasteiger partial charge is 0.468 e. The molecule has 3 heterocycles. The summed E-state index contributed by atoms with van der Waals surface area (Å²) in [5.74, 6) is -0.00923. The molecule has 0 atom stereocenters. The van der Waals surface area contributed by atoms with Gasteiger partial charge < -0.3 is 9.64 Å². The lowest BCUT2D eigenvalue weighted by Crippen LogP contribution is -2.45. The summed E-state index contributed by atoms with van der Waals surface area (Å²) >= 11 is 1.66. The van der Waals surface area contributed by atoms with E-state index in [1.807, 2.05) is 6.92 Å². The van der Waals surface area contributed by atoms with E-state index in [9.17, 15) is 13.2 Å². The van der Waals surface area contributed by atoms with Gasteiger partial charge in [0.1, 0.15) is 0 Å². The fraction of sp³-hybridized carbons (Fsp3) is 0.500. The molecule has 1 fully saturated rings. The first-order valence-electron chi connectivity index (χ1n) is 7.93. The number of aryl methyl sites for hydroxylation is 1. The molecule has 0 spiro atoms. The van der Waals surface area contributed by atoms with Crippen molar-refractivity contribution in [2.45, 2.75) is 19.6 Å². The van der Waals surface area contributed by atoms with Gasteiger partial charge in [-0.2, -0.15) is 13.2 Å². The average Bonchev–Trinajstić information content (AvgIpc) is 3.01. The Morgan fingerprint density at radius 1 is 1.20 bits per heavy atom. The van der Waals surface area contributed by atoms with Crippen LogP contribution in [0, 0.1) is 6.92 Å². The van der Waals surface area contributed by atoms with Crippen molar-refractivity contribution in [2.24, 2.45) is 0 Å². The Kier molecular flexibility index (Phi) is 5.43. The maximum absolute atomic E-state index is 12.1. The SMILES string of the molecule is Cc1csc(N2CCN(Cc3ccc(OCC(F)(F)F)nc3)CC2)n1. The zero-order chi connectivity index (χ0) is 17.9. The summed E-state index contributed by atoms with van der Waals surface area (Å²) in [4.78, 5) is 13.0. The smallest absolute Gasteiger partial charge is 0.422 e. The molecule has 2 aromatic heterocycles. The Bertz CT molecular complexity index is 681. The molecule has 2 aromatic rings. The predicted octanol–water partition coefficient (Wildman–Crippen LogP) is 3.11. The summed E-state index contributed by atoms with van der Waals surface area (Å²) in [6.07, 6.45) is -2.78. The van der Waals surface area contributed by atoms with Crippen LogP contribution < -0.4 is 9.64 Å². The molecule has 25 heavy (non-hydrogen) atoms. The van der Waals surface area contributed by atoms with Crippen LogP contribution in [0.2, 0.25) is 0 Å². The topological polar surface area (TPSA) is 41.5 Å². The van der Waals surface area contributed by atoms with Crippen molar-refractivity contribution in [2.75, 3.05) is 37.7 Å². The molecule has 0 unspecified atom stereocenters. The second-order valence-electron chi connectivity index (χ2n) is 5.94. The van der Waals surface area contributed by atoms with E-state index in [0.717, 1.165) is 49.1 Å². The van der Waals surface area contributed by atoms with Crippen molar-refractivity contribution in [1.82, 2.24) is 14.9 Å². The molecule has 1 saturated heterocycles. The van der Waals surface area contributed by atoms with Crippen LogP contribution in [-0.2, 0) is 6.54 Å². The van der Waals surface area contributed by atoms with Crippen molar-refractivity contribution < 1.29 is 17.9 Å². The molecular formula is C16H19F3N4OS. The first-order chi connectivity index (χ1) is 11.9. The van der Waals surface area contributed by atoms with Crippen LogP contribution in [0.4, 0.5) is 18.3 Å². The van der Waals surface area contributed by atoms with E-state index in [1.165, 1.54) is 6.07 Å². The van der Waals surface area contributed by atoms with Crippen LogP contribution in [0.25, 0.3) is 0 Å². The van der Waals surface area contributed by atoms with Crippen LogP contribution in [0.15, 0.2) is 23.7 Å². The molecule has 0 N–H and O–H groups in total. The first-order valence-corrected chi connectivity index (χ1v) is 8.81. The summed E-state index contributed by atoms with van der Waals surface area (Å²) in [5.41, 5.74) is 2.00. The number of pyridine rings is 1. The van der Waals surface area contributed by atoms with Gasteiger partial charge in [0.15, 0.2) is 11.7 Å². The lowest BCUT2D eigenvalue weighted by molar-refractivity contribution is -0.154. The molecule has 0 amide bonds. The van der Waals surface area contributed by atoms with E-state index < -0.39 is 12.8 Å². The van der Waals surface area contributed by atoms with E-state index in [2.05, 4.69) is 29.9 Å². The monoisotopic (exact) mass is 372 g/mol. The number of alkyl halides is 3. The highest BCUT2D eigenvalue weighted by Crippen LogP contribution is 2.22. The molecule has 136 valence electrons. The van der Waals surface area contributed by atoms with E-state index in [0.29, 0.717) is 0 Å². The minimum atomic E-state index is -4.35. The number of hydrogen-bond acceptors (Lipinski definition) is 6. The number of ether oxygens (including phenoxy) is 1. The van der Waals surface area contributed by atoms with Crippen molar-refractivity contribution in [1.29, 1.82) is 0 Å².